The maximum Gasteiger partial charge on any atom is 0.241 e. The van der Waals surface area contributed by atoms with Crippen LogP contribution in [0.3, 0.4) is 0 Å². The number of carbonyl (C=O) groups is 1. The molecular formula is C18H23N3O. The molecule has 0 saturated carbocycles. The van der Waals surface area contributed by atoms with Gasteiger partial charge in [-0.05, 0) is 43.7 Å². The van der Waals surface area contributed by atoms with Crippen LogP contribution >= 0.6 is 0 Å². The van der Waals surface area contributed by atoms with Gasteiger partial charge in [-0.3, -0.25) is 9.48 Å². The first-order chi connectivity index (χ1) is 10.7. The average Bonchev–Trinajstić information content (AvgIpc) is 2.75. The summed E-state index contributed by atoms with van der Waals surface area (Å²) in [6.45, 7) is 2.93. The van der Waals surface area contributed by atoms with E-state index in [-0.39, 0.29) is 5.91 Å². The molecule has 0 atom stereocenters. The van der Waals surface area contributed by atoms with E-state index in [4.69, 9.17) is 0 Å². The van der Waals surface area contributed by atoms with E-state index in [1.807, 2.05) is 18.3 Å². The van der Waals surface area contributed by atoms with Crippen LogP contribution in [0.4, 0.5) is 0 Å². The van der Waals surface area contributed by atoms with E-state index in [1.165, 1.54) is 36.1 Å². The number of amides is 1. The van der Waals surface area contributed by atoms with Gasteiger partial charge < -0.3 is 5.32 Å². The standard InChI is InChI=1S/C18H23N3O/c1-14-7-9-15(10-8-14)11-19-18(22)13-21-12-16-5-3-2-4-6-17(16)20-21/h7-10,12H,2-6,11,13H2,1H3,(H,19,22). The maximum absolute atomic E-state index is 12.1. The number of hydrogen-bond acceptors (Lipinski definition) is 2. The third-order valence-corrected chi connectivity index (χ3v) is 4.20. The molecule has 4 nitrogen and oxygen atoms in total. The summed E-state index contributed by atoms with van der Waals surface area (Å²) in [5.74, 6) is 0.0123. The Hall–Kier alpha value is -2.10. The van der Waals surface area contributed by atoms with Crippen molar-refractivity contribution < 1.29 is 4.79 Å². The van der Waals surface area contributed by atoms with Gasteiger partial charge in [0.1, 0.15) is 6.54 Å². The number of nitrogens with one attached hydrogen (secondary N) is 1. The second-order valence-corrected chi connectivity index (χ2v) is 6.12. The van der Waals surface area contributed by atoms with E-state index >= 15 is 0 Å². The number of aromatic nitrogens is 2. The Bertz CT molecular complexity index is 619. The highest BCUT2D eigenvalue weighted by atomic mass is 16.2. The Morgan fingerprint density at radius 3 is 2.77 bits per heavy atom. The molecule has 0 bridgehead atoms. The fourth-order valence-electron chi connectivity index (χ4n) is 2.90. The zero-order valence-corrected chi connectivity index (χ0v) is 13.1. The number of hydrogen-bond donors (Lipinski definition) is 1. The molecule has 0 saturated heterocycles. The van der Waals surface area contributed by atoms with E-state index in [0.29, 0.717) is 13.1 Å². The number of rotatable bonds is 4. The van der Waals surface area contributed by atoms with Gasteiger partial charge in [0.2, 0.25) is 5.91 Å². The second-order valence-electron chi connectivity index (χ2n) is 6.12. The lowest BCUT2D eigenvalue weighted by Gasteiger charge is -2.06. The molecular weight excluding hydrogens is 274 g/mol. The Morgan fingerprint density at radius 2 is 1.95 bits per heavy atom. The second kappa shape index (κ2) is 6.77. The first-order valence-electron chi connectivity index (χ1n) is 8.08. The molecule has 1 amide bonds. The van der Waals surface area contributed by atoms with Gasteiger partial charge in [0, 0.05) is 12.7 Å². The van der Waals surface area contributed by atoms with Gasteiger partial charge in [-0.15, -0.1) is 0 Å². The van der Waals surface area contributed by atoms with Crippen molar-refractivity contribution in [1.82, 2.24) is 15.1 Å². The van der Waals surface area contributed by atoms with Gasteiger partial charge in [0.15, 0.2) is 0 Å². The SMILES string of the molecule is Cc1ccc(CNC(=O)Cn2cc3c(n2)CCCCC3)cc1. The Labute approximate surface area is 131 Å². The van der Waals surface area contributed by atoms with Crippen LogP contribution in [0.1, 0.15) is 41.6 Å². The quantitative estimate of drug-likeness (QED) is 0.882. The van der Waals surface area contributed by atoms with Crippen LogP contribution in [0, 0.1) is 6.92 Å². The predicted molar refractivity (Wildman–Crippen MR) is 86.5 cm³/mol. The Kier molecular flexibility index (Phi) is 4.56. The molecule has 1 N–H and O–H groups in total. The Balaban J connectivity index is 1.54. The summed E-state index contributed by atoms with van der Waals surface area (Å²) in [6, 6.07) is 8.22. The molecule has 2 aromatic rings. The van der Waals surface area contributed by atoms with Crippen molar-refractivity contribution in [2.24, 2.45) is 0 Å². The highest BCUT2D eigenvalue weighted by Gasteiger charge is 2.13. The van der Waals surface area contributed by atoms with Crippen molar-refractivity contribution in [3.63, 3.8) is 0 Å². The van der Waals surface area contributed by atoms with Crippen LogP contribution in [0.25, 0.3) is 0 Å². The minimum Gasteiger partial charge on any atom is -0.350 e. The largest absolute Gasteiger partial charge is 0.350 e. The van der Waals surface area contributed by atoms with E-state index in [2.05, 4.69) is 29.5 Å². The van der Waals surface area contributed by atoms with Gasteiger partial charge in [0.05, 0.1) is 5.69 Å². The topological polar surface area (TPSA) is 46.9 Å². The smallest absolute Gasteiger partial charge is 0.241 e. The molecule has 22 heavy (non-hydrogen) atoms. The number of nitrogens with zero attached hydrogens (tertiary/aromatic N) is 2. The van der Waals surface area contributed by atoms with Crippen molar-refractivity contribution in [1.29, 1.82) is 0 Å². The molecule has 4 heteroatoms. The van der Waals surface area contributed by atoms with Gasteiger partial charge in [-0.25, -0.2) is 0 Å². The fraction of sp³-hybridized carbons (Fsp3) is 0.444. The maximum atomic E-state index is 12.1. The minimum absolute atomic E-state index is 0.0123. The highest BCUT2D eigenvalue weighted by Crippen LogP contribution is 2.18. The molecule has 1 aliphatic carbocycles. The molecule has 1 heterocycles. The lowest BCUT2D eigenvalue weighted by atomic mass is 10.1. The van der Waals surface area contributed by atoms with E-state index in [1.54, 1.807) is 4.68 Å². The molecule has 1 aliphatic rings. The van der Waals surface area contributed by atoms with Crippen LogP contribution in [-0.4, -0.2) is 15.7 Å². The molecule has 0 aliphatic heterocycles. The van der Waals surface area contributed by atoms with Crippen LogP contribution in [0.2, 0.25) is 0 Å². The number of aryl methyl sites for hydroxylation is 3. The normalized spacial score (nSPS) is 14.2. The summed E-state index contributed by atoms with van der Waals surface area (Å²) in [5, 5.41) is 7.53. The summed E-state index contributed by atoms with van der Waals surface area (Å²) >= 11 is 0. The molecule has 1 aromatic carbocycles. The van der Waals surface area contributed by atoms with Crippen molar-refractivity contribution in [2.45, 2.75) is 52.1 Å². The molecule has 3 rings (SSSR count). The first kappa shape index (κ1) is 14.8. The van der Waals surface area contributed by atoms with Gasteiger partial charge >= 0.3 is 0 Å². The van der Waals surface area contributed by atoms with E-state index in [9.17, 15) is 4.79 Å². The third-order valence-electron chi connectivity index (χ3n) is 4.20. The number of carbonyl (C=O) groups excluding carboxylic acids is 1. The van der Waals surface area contributed by atoms with Crippen LogP contribution in [0.5, 0.6) is 0 Å². The summed E-state index contributed by atoms with van der Waals surface area (Å²) < 4.78 is 1.79. The molecule has 0 spiro atoms. The average molecular weight is 297 g/mol. The fourth-order valence-corrected chi connectivity index (χ4v) is 2.90. The van der Waals surface area contributed by atoms with E-state index < -0.39 is 0 Å². The number of benzene rings is 1. The predicted octanol–water partition coefficient (Wildman–Crippen LogP) is 2.78. The van der Waals surface area contributed by atoms with Crippen LogP contribution < -0.4 is 5.32 Å². The molecule has 116 valence electrons. The van der Waals surface area contributed by atoms with Crippen LogP contribution in [-0.2, 0) is 30.7 Å². The zero-order valence-electron chi connectivity index (χ0n) is 13.1. The van der Waals surface area contributed by atoms with Gasteiger partial charge in [0.25, 0.3) is 0 Å². The lowest BCUT2D eigenvalue weighted by molar-refractivity contribution is -0.122. The van der Waals surface area contributed by atoms with E-state index in [0.717, 1.165) is 18.4 Å². The molecule has 1 aromatic heterocycles. The Morgan fingerprint density at radius 1 is 1.18 bits per heavy atom. The summed E-state index contributed by atoms with van der Waals surface area (Å²) in [4.78, 5) is 12.1. The van der Waals surface area contributed by atoms with Gasteiger partial charge in [-0.1, -0.05) is 36.2 Å². The summed E-state index contributed by atoms with van der Waals surface area (Å²) in [7, 11) is 0. The van der Waals surface area contributed by atoms with Crippen molar-refractivity contribution in [2.75, 3.05) is 0 Å². The van der Waals surface area contributed by atoms with Gasteiger partial charge in [-0.2, -0.15) is 5.10 Å². The van der Waals surface area contributed by atoms with Crippen LogP contribution in [0.15, 0.2) is 30.5 Å². The molecule has 0 radical (unpaired) electrons. The molecule has 0 fully saturated rings. The minimum atomic E-state index is 0.0123. The van der Waals surface area contributed by atoms with Crippen molar-refractivity contribution in [3.05, 3.63) is 52.8 Å². The third kappa shape index (κ3) is 3.75. The number of fused-ring (bicyclic) bond motifs is 1. The summed E-state index contributed by atoms with van der Waals surface area (Å²) in [5.41, 5.74) is 4.86. The highest BCUT2D eigenvalue weighted by molar-refractivity contribution is 5.75. The zero-order chi connectivity index (χ0) is 15.4. The summed E-state index contributed by atoms with van der Waals surface area (Å²) in [6.07, 6.45) is 7.93. The first-order valence-corrected chi connectivity index (χ1v) is 8.08. The van der Waals surface area contributed by atoms with Crippen molar-refractivity contribution in [3.8, 4) is 0 Å². The van der Waals surface area contributed by atoms with Crippen molar-refractivity contribution >= 4 is 5.91 Å². The molecule has 0 unspecified atom stereocenters. The monoisotopic (exact) mass is 297 g/mol. The lowest BCUT2D eigenvalue weighted by Crippen LogP contribution is -2.27.